The van der Waals surface area contributed by atoms with Crippen LogP contribution >= 0.6 is 0 Å². The van der Waals surface area contributed by atoms with Crippen LogP contribution in [-0.4, -0.2) is 38.9 Å². The number of likely N-dealkylation sites (N-methyl/N-ethyl adjacent to an activating group) is 1. The van der Waals surface area contributed by atoms with Gasteiger partial charge in [0, 0.05) is 6.54 Å². The first kappa shape index (κ1) is 10.7. The van der Waals surface area contributed by atoms with Crippen molar-refractivity contribution < 1.29 is 4.74 Å². The van der Waals surface area contributed by atoms with Gasteiger partial charge in [0.2, 0.25) is 0 Å². The Hall–Kier alpha value is -1.35. The van der Waals surface area contributed by atoms with E-state index in [9.17, 15) is 0 Å². The molecule has 0 unspecified atom stereocenters. The highest BCUT2D eigenvalue weighted by atomic mass is 16.5. The average molecular weight is 192 g/mol. The molecule has 3 heteroatoms. The van der Waals surface area contributed by atoms with Crippen LogP contribution in [0.4, 0.5) is 5.69 Å². The number of ether oxygens (including phenoxy) is 1. The Labute approximate surface area is 85.0 Å². The van der Waals surface area contributed by atoms with Gasteiger partial charge in [0.15, 0.2) is 0 Å². The van der Waals surface area contributed by atoms with Crippen LogP contribution in [0.15, 0.2) is 29.3 Å². The first-order valence-electron chi connectivity index (χ1n) is 4.56. The van der Waals surface area contributed by atoms with Crippen molar-refractivity contribution in [3.05, 3.63) is 24.3 Å². The maximum Gasteiger partial charge on any atom is 0.119 e. The van der Waals surface area contributed by atoms with Gasteiger partial charge < -0.3 is 9.64 Å². The summed E-state index contributed by atoms with van der Waals surface area (Å²) in [6.45, 7) is 5.07. The number of hydrogen-bond acceptors (Lipinski definition) is 3. The van der Waals surface area contributed by atoms with Gasteiger partial charge in [-0.15, -0.1) is 0 Å². The quantitative estimate of drug-likeness (QED) is 0.666. The molecule has 1 rings (SSSR count). The minimum atomic E-state index is 0.702. The highest BCUT2D eigenvalue weighted by Gasteiger charge is 1.94. The highest BCUT2D eigenvalue weighted by molar-refractivity contribution is 5.47. The van der Waals surface area contributed by atoms with Crippen LogP contribution in [0.3, 0.4) is 0 Å². The van der Waals surface area contributed by atoms with Gasteiger partial charge >= 0.3 is 0 Å². The van der Waals surface area contributed by atoms with Crippen LogP contribution < -0.4 is 4.74 Å². The summed E-state index contributed by atoms with van der Waals surface area (Å²) >= 11 is 0. The van der Waals surface area contributed by atoms with Gasteiger partial charge in [0.05, 0.1) is 5.69 Å². The molecule has 0 aromatic heterocycles. The molecule has 0 amide bonds. The van der Waals surface area contributed by atoms with E-state index in [1.54, 1.807) is 0 Å². The molecule has 14 heavy (non-hydrogen) atoms. The molecule has 0 aliphatic heterocycles. The first-order valence-corrected chi connectivity index (χ1v) is 4.56. The molecule has 0 atom stereocenters. The van der Waals surface area contributed by atoms with E-state index in [2.05, 4.69) is 16.6 Å². The van der Waals surface area contributed by atoms with Crippen LogP contribution in [0.2, 0.25) is 0 Å². The minimum Gasteiger partial charge on any atom is -0.492 e. The van der Waals surface area contributed by atoms with Crippen LogP contribution in [0, 0.1) is 0 Å². The third kappa shape index (κ3) is 3.58. The van der Waals surface area contributed by atoms with E-state index in [4.69, 9.17) is 4.74 Å². The summed E-state index contributed by atoms with van der Waals surface area (Å²) in [5.74, 6) is 0.874. The number of benzene rings is 1. The lowest BCUT2D eigenvalue weighted by Crippen LogP contribution is -2.19. The molecule has 0 aliphatic rings. The summed E-state index contributed by atoms with van der Waals surface area (Å²) in [6.07, 6.45) is 0. The second-order valence-electron chi connectivity index (χ2n) is 3.30. The van der Waals surface area contributed by atoms with Gasteiger partial charge in [-0.05, 0) is 45.1 Å². The molecular weight excluding hydrogens is 176 g/mol. The summed E-state index contributed by atoms with van der Waals surface area (Å²) in [6, 6.07) is 7.58. The zero-order chi connectivity index (χ0) is 10.4. The fourth-order valence-corrected chi connectivity index (χ4v) is 0.994. The van der Waals surface area contributed by atoms with Crippen molar-refractivity contribution in [2.45, 2.75) is 0 Å². The van der Waals surface area contributed by atoms with E-state index >= 15 is 0 Å². The zero-order valence-corrected chi connectivity index (χ0v) is 8.73. The number of aliphatic imine (C=N–C) groups is 1. The second-order valence-corrected chi connectivity index (χ2v) is 3.30. The second kappa shape index (κ2) is 5.40. The molecule has 0 spiro atoms. The molecule has 3 nitrogen and oxygen atoms in total. The van der Waals surface area contributed by atoms with Gasteiger partial charge in [-0.25, -0.2) is 0 Å². The summed E-state index contributed by atoms with van der Waals surface area (Å²) in [4.78, 5) is 5.89. The Balaban J connectivity index is 2.40. The largest absolute Gasteiger partial charge is 0.492 e. The van der Waals surface area contributed by atoms with Gasteiger partial charge in [-0.1, -0.05) is 0 Å². The topological polar surface area (TPSA) is 24.8 Å². The molecule has 76 valence electrons. The SMILES string of the molecule is C=Nc1ccc(OCCN(C)C)cc1. The lowest BCUT2D eigenvalue weighted by Gasteiger charge is -2.10. The highest BCUT2D eigenvalue weighted by Crippen LogP contribution is 2.17. The molecule has 0 radical (unpaired) electrons. The molecule has 0 N–H and O–H groups in total. The summed E-state index contributed by atoms with van der Waals surface area (Å²) in [5, 5.41) is 0. The van der Waals surface area contributed by atoms with Gasteiger partial charge in [-0.3, -0.25) is 4.99 Å². The summed E-state index contributed by atoms with van der Waals surface area (Å²) in [5.41, 5.74) is 0.866. The predicted molar refractivity (Wildman–Crippen MR) is 59.7 cm³/mol. The van der Waals surface area contributed by atoms with Crippen molar-refractivity contribution in [1.82, 2.24) is 4.90 Å². The van der Waals surface area contributed by atoms with Crippen molar-refractivity contribution in [1.29, 1.82) is 0 Å². The Morgan fingerprint density at radius 1 is 1.29 bits per heavy atom. The van der Waals surface area contributed by atoms with Crippen LogP contribution in [0.1, 0.15) is 0 Å². The van der Waals surface area contributed by atoms with Crippen molar-refractivity contribution in [2.24, 2.45) is 4.99 Å². The van der Waals surface area contributed by atoms with Crippen molar-refractivity contribution in [3.63, 3.8) is 0 Å². The molecule has 0 saturated carbocycles. The molecular formula is C11H16N2O. The number of nitrogens with zero attached hydrogens (tertiary/aromatic N) is 2. The summed E-state index contributed by atoms with van der Waals surface area (Å²) in [7, 11) is 4.04. The Morgan fingerprint density at radius 2 is 1.93 bits per heavy atom. The molecule has 0 saturated heterocycles. The first-order chi connectivity index (χ1) is 6.72. The maximum atomic E-state index is 5.51. The van der Waals surface area contributed by atoms with E-state index in [0.29, 0.717) is 6.61 Å². The summed E-state index contributed by atoms with van der Waals surface area (Å²) < 4.78 is 5.51. The Bertz CT molecular complexity index is 280. The number of rotatable bonds is 5. The fraction of sp³-hybridized carbons (Fsp3) is 0.364. The normalized spacial score (nSPS) is 10.2. The molecule has 1 aromatic rings. The molecule has 1 aromatic carbocycles. The van der Waals surface area contributed by atoms with Crippen molar-refractivity contribution in [3.8, 4) is 5.75 Å². The number of hydrogen-bond donors (Lipinski definition) is 0. The fourth-order valence-electron chi connectivity index (χ4n) is 0.994. The van der Waals surface area contributed by atoms with E-state index in [1.807, 2.05) is 38.4 Å². The Morgan fingerprint density at radius 3 is 2.43 bits per heavy atom. The lowest BCUT2D eigenvalue weighted by molar-refractivity contribution is 0.261. The standard InChI is InChI=1S/C11H16N2O/c1-12-10-4-6-11(7-5-10)14-9-8-13(2)3/h4-7H,1,8-9H2,2-3H3. The molecule has 0 fully saturated rings. The maximum absolute atomic E-state index is 5.51. The minimum absolute atomic E-state index is 0.702. The monoisotopic (exact) mass is 192 g/mol. The molecule has 0 aliphatic carbocycles. The van der Waals surface area contributed by atoms with Gasteiger partial charge in [-0.2, -0.15) is 0 Å². The van der Waals surface area contributed by atoms with Crippen LogP contribution in [-0.2, 0) is 0 Å². The molecule has 0 bridgehead atoms. The van der Waals surface area contributed by atoms with Gasteiger partial charge in [0.25, 0.3) is 0 Å². The van der Waals surface area contributed by atoms with E-state index < -0.39 is 0 Å². The third-order valence-electron chi connectivity index (χ3n) is 1.83. The Kier molecular flexibility index (Phi) is 4.13. The lowest BCUT2D eigenvalue weighted by atomic mass is 10.3. The van der Waals surface area contributed by atoms with Gasteiger partial charge in [0.1, 0.15) is 12.4 Å². The third-order valence-corrected chi connectivity index (χ3v) is 1.83. The van der Waals surface area contributed by atoms with Crippen molar-refractivity contribution >= 4 is 12.4 Å². The van der Waals surface area contributed by atoms with E-state index in [1.165, 1.54) is 0 Å². The van der Waals surface area contributed by atoms with Crippen LogP contribution in [0.25, 0.3) is 0 Å². The zero-order valence-electron chi connectivity index (χ0n) is 8.73. The predicted octanol–water partition coefficient (Wildman–Crippen LogP) is 1.96. The smallest absolute Gasteiger partial charge is 0.119 e. The van der Waals surface area contributed by atoms with Crippen LogP contribution in [0.5, 0.6) is 5.75 Å². The molecule has 0 heterocycles. The van der Waals surface area contributed by atoms with Crippen molar-refractivity contribution in [2.75, 3.05) is 27.2 Å². The van der Waals surface area contributed by atoms with E-state index in [-0.39, 0.29) is 0 Å². The van der Waals surface area contributed by atoms with E-state index in [0.717, 1.165) is 18.0 Å². The average Bonchev–Trinajstić information content (AvgIpc) is 2.18.